The number of benzene rings is 1. The van der Waals surface area contributed by atoms with Crippen LogP contribution in [-0.4, -0.2) is 38.2 Å². The molecule has 1 saturated carbocycles. The number of hydrogen-bond donors (Lipinski definition) is 0. The molecule has 2 aliphatic rings. The van der Waals surface area contributed by atoms with E-state index in [1.54, 1.807) is 11.9 Å². The summed E-state index contributed by atoms with van der Waals surface area (Å²) in [5.74, 6) is -1.07. The van der Waals surface area contributed by atoms with Crippen molar-refractivity contribution in [3.05, 3.63) is 51.7 Å². The molecular formula is C20H24F2N4O2. The van der Waals surface area contributed by atoms with Gasteiger partial charge in [0.15, 0.2) is 0 Å². The number of halogens is 2. The maximum Gasteiger partial charge on any atom is 0.345 e. The Balaban J connectivity index is 1.50. The molecule has 0 bridgehead atoms. The van der Waals surface area contributed by atoms with Crippen molar-refractivity contribution in [2.24, 2.45) is 7.05 Å². The summed E-state index contributed by atoms with van der Waals surface area (Å²) in [7, 11) is 1.67. The molecular weight excluding hydrogens is 366 g/mol. The van der Waals surface area contributed by atoms with Gasteiger partial charge in [-0.1, -0.05) is 12.8 Å². The first-order valence-electron chi connectivity index (χ1n) is 9.85. The second kappa shape index (κ2) is 7.48. The molecule has 2 heterocycles. The molecule has 4 rings (SSSR count). The van der Waals surface area contributed by atoms with Crippen LogP contribution in [0.2, 0.25) is 0 Å². The highest BCUT2D eigenvalue weighted by molar-refractivity contribution is 5.94. The van der Waals surface area contributed by atoms with Crippen LogP contribution in [0.5, 0.6) is 0 Å². The van der Waals surface area contributed by atoms with Crippen LogP contribution in [0.4, 0.5) is 8.78 Å². The number of hydrogen-bond acceptors (Lipinski definition) is 3. The summed E-state index contributed by atoms with van der Waals surface area (Å²) >= 11 is 0. The Morgan fingerprint density at radius 2 is 1.79 bits per heavy atom. The van der Waals surface area contributed by atoms with E-state index in [9.17, 15) is 18.4 Å². The average molecular weight is 390 g/mol. The van der Waals surface area contributed by atoms with Gasteiger partial charge in [-0.05, 0) is 37.8 Å². The first kappa shape index (κ1) is 18.8. The minimum Gasteiger partial charge on any atom is -0.339 e. The second-order valence-electron chi connectivity index (χ2n) is 7.76. The van der Waals surface area contributed by atoms with Crippen molar-refractivity contribution in [1.82, 2.24) is 19.2 Å². The van der Waals surface area contributed by atoms with Crippen LogP contribution < -0.4 is 5.69 Å². The minimum atomic E-state index is -0.841. The first-order valence-corrected chi connectivity index (χ1v) is 9.85. The Bertz CT molecular complexity index is 938. The van der Waals surface area contributed by atoms with Gasteiger partial charge in [-0.15, -0.1) is 0 Å². The highest BCUT2D eigenvalue weighted by Gasteiger charge is 2.32. The van der Waals surface area contributed by atoms with Gasteiger partial charge in [0.1, 0.15) is 17.5 Å². The minimum absolute atomic E-state index is 0.0752. The van der Waals surface area contributed by atoms with Crippen LogP contribution in [0.25, 0.3) is 0 Å². The lowest BCUT2D eigenvalue weighted by molar-refractivity contribution is 0.0705. The number of aryl methyl sites for hydroxylation is 1. The summed E-state index contributed by atoms with van der Waals surface area (Å²) in [6.45, 7) is 0.908. The zero-order chi connectivity index (χ0) is 19.8. The third kappa shape index (κ3) is 3.36. The molecule has 28 heavy (non-hydrogen) atoms. The fourth-order valence-corrected chi connectivity index (χ4v) is 4.46. The average Bonchev–Trinajstić information content (AvgIpc) is 3.30. The van der Waals surface area contributed by atoms with Crippen LogP contribution in [-0.2, 0) is 7.05 Å². The normalized spacial score (nSPS) is 18.8. The summed E-state index contributed by atoms with van der Waals surface area (Å²) in [6, 6.07) is 3.23. The largest absolute Gasteiger partial charge is 0.345 e. The number of rotatable bonds is 3. The van der Waals surface area contributed by atoms with Crippen molar-refractivity contribution < 1.29 is 13.6 Å². The Morgan fingerprint density at radius 1 is 1.11 bits per heavy atom. The highest BCUT2D eigenvalue weighted by Crippen LogP contribution is 2.33. The van der Waals surface area contributed by atoms with Crippen LogP contribution in [0.1, 0.15) is 66.7 Å². The third-order valence-electron chi connectivity index (χ3n) is 5.98. The molecule has 1 aliphatic carbocycles. The summed E-state index contributed by atoms with van der Waals surface area (Å²) in [5, 5.41) is 4.49. The SMILES string of the molecule is Cn1nc(C2CCN(C(=O)c3ccc(F)cc3F)CC2)n(C2CCCC2)c1=O. The number of likely N-dealkylation sites (tertiary alicyclic amines) is 1. The van der Waals surface area contributed by atoms with Crippen molar-refractivity contribution in [3.8, 4) is 0 Å². The zero-order valence-electron chi connectivity index (χ0n) is 15.9. The topological polar surface area (TPSA) is 60.1 Å². The Kier molecular flexibility index (Phi) is 5.03. The summed E-state index contributed by atoms with van der Waals surface area (Å²) in [4.78, 5) is 26.8. The van der Waals surface area contributed by atoms with Gasteiger partial charge in [0.2, 0.25) is 0 Å². The number of amides is 1. The lowest BCUT2D eigenvalue weighted by Crippen LogP contribution is -2.39. The molecule has 2 aromatic rings. The molecule has 1 saturated heterocycles. The number of piperidine rings is 1. The fraction of sp³-hybridized carbons (Fsp3) is 0.550. The van der Waals surface area contributed by atoms with Crippen LogP contribution in [0.15, 0.2) is 23.0 Å². The van der Waals surface area contributed by atoms with Crippen molar-refractivity contribution in [2.75, 3.05) is 13.1 Å². The molecule has 1 aliphatic heterocycles. The lowest BCUT2D eigenvalue weighted by atomic mass is 9.95. The lowest BCUT2D eigenvalue weighted by Gasteiger charge is -2.32. The molecule has 6 nitrogen and oxygen atoms in total. The zero-order valence-corrected chi connectivity index (χ0v) is 15.9. The molecule has 0 radical (unpaired) electrons. The van der Waals surface area contributed by atoms with E-state index in [0.29, 0.717) is 25.9 Å². The van der Waals surface area contributed by atoms with E-state index < -0.39 is 17.5 Å². The molecule has 0 unspecified atom stereocenters. The van der Waals surface area contributed by atoms with E-state index in [-0.39, 0.29) is 23.2 Å². The van der Waals surface area contributed by atoms with E-state index in [1.165, 1.54) is 10.7 Å². The van der Waals surface area contributed by atoms with E-state index in [1.807, 2.05) is 4.57 Å². The fourth-order valence-electron chi connectivity index (χ4n) is 4.46. The first-order chi connectivity index (χ1) is 13.5. The van der Waals surface area contributed by atoms with Gasteiger partial charge in [-0.3, -0.25) is 9.36 Å². The molecule has 1 amide bonds. The number of carbonyl (C=O) groups excluding carboxylic acids is 1. The second-order valence-corrected chi connectivity index (χ2v) is 7.76. The van der Waals surface area contributed by atoms with E-state index in [2.05, 4.69) is 5.10 Å². The number of nitrogens with zero attached hydrogens (tertiary/aromatic N) is 4. The predicted octanol–water partition coefficient (Wildman–Crippen LogP) is 2.99. The molecule has 150 valence electrons. The Hall–Kier alpha value is -2.51. The maximum atomic E-state index is 13.9. The highest BCUT2D eigenvalue weighted by atomic mass is 19.1. The van der Waals surface area contributed by atoms with Gasteiger partial charge in [0.05, 0.1) is 5.56 Å². The predicted molar refractivity (Wildman–Crippen MR) is 99.2 cm³/mol. The Labute approximate surface area is 161 Å². The third-order valence-corrected chi connectivity index (χ3v) is 5.98. The van der Waals surface area contributed by atoms with Crippen LogP contribution in [0, 0.1) is 11.6 Å². The van der Waals surface area contributed by atoms with Crippen molar-refractivity contribution in [1.29, 1.82) is 0 Å². The summed E-state index contributed by atoms with van der Waals surface area (Å²) in [6.07, 6.45) is 5.58. The molecule has 2 fully saturated rings. The summed E-state index contributed by atoms with van der Waals surface area (Å²) in [5.41, 5.74) is -0.186. The van der Waals surface area contributed by atoms with Gasteiger partial charge < -0.3 is 4.90 Å². The summed E-state index contributed by atoms with van der Waals surface area (Å²) < 4.78 is 30.3. The smallest absolute Gasteiger partial charge is 0.339 e. The van der Waals surface area contributed by atoms with Gasteiger partial charge in [0.25, 0.3) is 5.91 Å². The molecule has 8 heteroatoms. The molecule has 1 aromatic heterocycles. The molecule has 0 N–H and O–H groups in total. The van der Waals surface area contributed by atoms with Gasteiger partial charge in [-0.25, -0.2) is 18.3 Å². The van der Waals surface area contributed by atoms with E-state index >= 15 is 0 Å². The van der Waals surface area contributed by atoms with Crippen LogP contribution >= 0.6 is 0 Å². The maximum absolute atomic E-state index is 13.9. The number of carbonyl (C=O) groups is 1. The van der Waals surface area contributed by atoms with E-state index in [4.69, 9.17) is 0 Å². The Morgan fingerprint density at radius 3 is 2.43 bits per heavy atom. The van der Waals surface area contributed by atoms with Gasteiger partial charge in [-0.2, -0.15) is 5.10 Å². The molecule has 1 aromatic carbocycles. The van der Waals surface area contributed by atoms with Gasteiger partial charge in [0, 0.05) is 38.2 Å². The monoisotopic (exact) mass is 390 g/mol. The van der Waals surface area contributed by atoms with Crippen molar-refractivity contribution in [2.45, 2.75) is 50.5 Å². The molecule has 0 atom stereocenters. The van der Waals surface area contributed by atoms with E-state index in [0.717, 1.165) is 43.6 Å². The standard InChI is InChI=1S/C20H24F2N4O2/c1-24-20(28)26(15-4-2-3-5-15)18(23-24)13-8-10-25(11-9-13)19(27)16-7-6-14(21)12-17(16)22/h6-7,12-13,15H,2-5,8-11H2,1H3. The van der Waals surface area contributed by atoms with Crippen molar-refractivity contribution >= 4 is 5.91 Å². The number of aromatic nitrogens is 3. The van der Waals surface area contributed by atoms with Gasteiger partial charge >= 0.3 is 5.69 Å². The molecule has 0 spiro atoms. The quantitative estimate of drug-likeness (QED) is 0.810. The van der Waals surface area contributed by atoms with Crippen LogP contribution in [0.3, 0.4) is 0 Å². The van der Waals surface area contributed by atoms with Crippen molar-refractivity contribution in [3.63, 3.8) is 0 Å².